The van der Waals surface area contributed by atoms with E-state index in [1.54, 1.807) is 0 Å². The second-order valence-corrected chi connectivity index (χ2v) is 7.17. The number of hydrogen-bond acceptors (Lipinski definition) is 1. The Hall–Kier alpha value is -0.0500. The van der Waals surface area contributed by atoms with E-state index in [2.05, 4.69) is 22.9 Å². The zero-order valence-corrected chi connectivity index (χ0v) is 11.9. The number of alkyl halides is 1. The first kappa shape index (κ1) is 12.4. The van der Waals surface area contributed by atoms with Crippen molar-refractivity contribution in [3.8, 4) is 0 Å². The quantitative estimate of drug-likeness (QED) is 0.728. The van der Waals surface area contributed by atoms with Crippen LogP contribution in [0.1, 0.15) is 39.0 Å². The number of carbonyl (C=O) groups is 1. The topological polar surface area (TPSA) is 20.3 Å². The predicted octanol–water partition coefficient (Wildman–Crippen LogP) is 3.05. The maximum Gasteiger partial charge on any atom is 0.225 e. The van der Waals surface area contributed by atoms with Gasteiger partial charge >= 0.3 is 0 Å². The molecule has 2 nitrogen and oxygen atoms in total. The molecule has 2 saturated carbocycles. The highest BCUT2D eigenvalue weighted by molar-refractivity contribution is 9.09. The summed E-state index contributed by atoms with van der Waals surface area (Å²) in [5.74, 6) is 2.33. The largest absolute Gasteiger partial charge is 0.345 e. The van der Waals surface area contributed by atoms with Crippen molar-refractivity contribution >= 4 is 21.8 Å². The van der Waals surface area contributed by atoms with Gasteiger partial charge in [0.2, 0.25) is 5.91 Å². The van der Waals surface area contributed by atoms with E-state index < -0.39 is 0 Å². The maximum atomic E-state index is 12.3. The van der Waals surface area contributed by atoms with E-state index in [0.717, 1.165) is 25.3 Å². The summed E-state index contributed by atoms with van der Waals surface area (Å²) in [4.78, 5) is 14.7. The van der Waals surface area contributed by atoms with Crippen molar-refractivity contribution in [3.63, 3.8) is 0 Å². The Balaban J connectivity index is 1.83. The minimum absolute atomic E-state index is 0.356. The lowest BCUT2D eigenvalue weighted by atomic mass is 9.88. The summed E-state index contributed by atoms with van der Waals surface area (Å²) in [5, 5.41) is 0. The number of halogens is 1. The van der Waals surface area contributed by atoms with Gasteiger partial charge in [-0.1, -0.05) is 29.3 Å². The van der Waals surface area contributed by atoms with Crippen LogP contribution >= 0.6 is 15.9 Å². The van der Waals surface area contributed by atoms with Crippen molar-refractivity contribution < 1.29 is 4.79 Å². The maximum absolute atomic E-state index is 12.3. The number of hydrogen-bond donors (Lipinski definition) is 0. The Morgan fingerprint density at radius 1 is 1.44 bits per heavy atom. The lowest BCUT2D eigenvalue weighted by Crippen LogP contribution is -2.36. The summed E-state index contributed by atoms with van der Waals surface area (Å²) in [6.45, 7) is 3.02. The number of rotatable bonds is 4. The summed E-state index contributed by atoms with van der Waals surface area (Å²) < 4.78 is 0. The van der Waals surface area contributed by atoms with Crippen molar-refractivity contribution in [1.29, 1.82) is 0 Å². The van der Waals surface area contributed by atoms with Crippen LogP contribution in [0.4, 0.5) is 0 Å². The van der Waals surface area contributed by atoms with E-state index in [1.807, 2.05) is 11.9 Å². The van der Waals surface area contributed by atoms with Crippen LogP contribution in [0.3, 0.4) is 0 Å². The zero-order chi connectivity index (χ0) is 11.7. The molecule has 4 atom stereocenters. The van der Waals surface area contributed by atoms with Gasteiger partial charge in [-0.05, 0) is 37.5 Å². The van der Waals surface area contributed by atoms with Crippen LogP contribution in [-0.2, 0) is 4.79 Å². The van der Waals surface area contributed by atoms with Crippen LogP contribution in [0.5, 0.6) is 0 Å². The van der Waals surface area contributed by atoms with Gasteiger partial charge in [-0.15, -0.1) is 0 Å². The van der Waals surface area contributed by atoms with Crippen LogP contribution in [0.15, 0.2) is 0 Å². The first-order chi connectivity index (χ1) is 7.58. The Kier molecular flexibility index (Phi) is 3.93. The first-order valence-electron chi connectivity index (χ1n) is 6.47. The van der Waals surface area contributed by atoms with Gasteiger partial charge in [-0.25, -0.2) is 0 Å². The normalized spacial score (nSPS) is 34.1. The second kappa shape index (κ2) is 5.07. The molecule has 2 aliphatic carbocycles. The number of fused-ring (bicyclic) bond motifs is 2. The average Bonchev–Trinajstić information content (AvgIpc) is 2.86. The minimum atomic E-state index is 0.356. The summed E-state index contributed by atoms with van der Waals surface area (Å²) in [6, 6.07) is 0. The molecular weight excluding hydrogens is 266 g/mol. The predicted molar refractivity (Wildman–Crippen MR) is 69.6 cm³/mol. The molecular formula is C13H22BrNO. The van der Waals surface area contributed by atoms with Crippen molar-refractivity contribution in [2.24, 2.45) is 17.8 Å². The molecule has 2 fully saturated rings. The van der Waals surface area contributed by atoms with E-state index in [-0.39, 0.29) is 0 Å². The third kappa shape index (κ3) is 2.61. The molecule has 0 aromatic heterocycles. The fraction of sp³-hybridized carbons (Fsp3) is 0.923. The summed E-state index contributed by atoms with van der Waals surface area (Å²) in [6.07, 6.45) is 6.19. The van der Waals surface area contributed by atoms with Crippen molar-refractivity contribution in [1.82, 2.24) is 4.90 Å². The van der Waals surface area contributed by atoms with Crippen LogP contribution in [-0.4, -0.2) is 29.2 Å². The molecule has 0 radical (unpaired) electrons. The van der Waals surface area contributed by atoms with Gasteiger partial charge in [0.15, 0.2) is 0 Å². The molecule has 0 spiro atoms. The van der Waals surface area contributed by atoms with Crippen molar-refractivity contribution in [3.05, 3.63) is 0 Å². The number of nitrogens with zero attached hydrogens (tertiary/aromatic N) is 1. The molecule has 2 aliphatic rings. The third-order valence-electron chi connectivity index (χ3n) is 4.29. The van der Waals surface area contributed by atoms with E-state index in [0.29, 0.717) is 22.6 Å². The molecule has 16 heavy (non-hydrogen) atoms. The first-order valence-corrected chi connectivity index (χ1v) is 7.38. The molecule has 0 aromatic rings. The lowest BCUT2D eigenvalue weighted by molar-refractivity contribution is -0.135. The third-order valence-corrected chi connectivity index (χ3v) is 4.75. The molecule has 1 amide bonds. The van der Waals surface area contributed by atoms with Gasteiger partial charge in [0.25, 0.3) is 0 Å². The Bertz CT molecular complexity index is 267. The minimum Gasteiger partial charge on any atom is -0.345 e. The van der Waals surface area contributed by atoms with Gasteiger partial charge in [-0.3, -0.25) is 4.79 Å². The summed E-state index contributed by atoms with van der Waals surface area (Å²) >= 11 is 3.53. The van der Waals surface area contributed by atoms with Gasteiger partial charge in [-0.2, -0.15) is 0 Å². The van der Waals surface area contributed by atoms with Gasteiger partial charge in [0, 0.05) is 24.3 Å². The second-order valence-electron chi connectivity index (χ2n) is 5.61. The van der Waals surface area contributed by atoms with E-state index in [1.165, 1.54) is 19.3 Å². The highest BCUT2D eigenvalue weighted by Gasteiger charge is 2.43. The van der Waals surface area contributed by atoms with E-state index in [9.17, 15) is 4.79 Å². The monoisotopic (exact) mass is 287 g/mol. The Labute approximate surface area is 107 Å². The van der Waals surface area contributed by atoms with Crippen LogP contribution in [0, 0.1) is 17.8 Å². The fourth-order valence-corrected chi connectivity index (χ4v) is 3.52. The van der Waals surface area contributed by atoms with Crippen LogP contribution < -0.4 is 0 Å². The van der Waals surface area contributed by atoms with E-state index in [4.69, 9.17) is 0 Å². The summed E-state index contributed by atoms with van der Waals surface area (Å²) in [5.41, 5.74) is 0. The molecule has 0 heterocycles. The number of carbonyl (C=O) groups excluding carboxylic acids is 1. The standard InChI is InChI=1S/C13H22BrNO/c1-9(14)5-6-15(2)13(16)12-8-10-3-4-11(12)7-10/h9-12H,3-8H2,1-2H3. The van der Waals surface area contributed by atoms with Gasteiger partial charge < -0.3 is 4.90 Å². The number of amides is 1. The van der Waals surface area contributed by atoms with Gasteiger partial charge in [0.05, 0.1) is 0 Å². The van der Waals surface area contributed by atoms with Crippen LogP contribution in [0.2, 0.25) is 0 Å². The molecule has 2 rings (SSSR count). The van der Waals surface area contributed by atoms with Crippen molar-refractivity contribution in [2.75, 3.05) is 13.6 Å². The molecule has 0 N–H and O–H groups in total. The SMILES string of the molecule is CC(Br)CCN(C)C(=O)C1CC2CCC1C2. The van der Waals surface area contributed by atoms with Gasteiger partial charge in [0.1, 0.15) is 0 Å². The molecule has 0 aliphatic heterocycles. The average molecular weight is 288 g/mol. The van der Waals surface area contributed by atoms with Crippen LogP contribution in [0.25, 0.3) is 0 Å². The van der Waals surface area contributed by atoms with Crippen molar-refractivity contribution in [2.45, 2.75) is 43.9 Å². The molecule has 92 valence electrons. The molecule has 4 unspecified atom stereocenters. The summed E-state index contributed by atoms with van der Waals surface area (Å²) in [7, 11) is 1.96. The highest BCUT2D eigenvalue weighted by atomic mass is 79.9. The Morgan fingerprint density at radius 3 is 2.69 bits per heavy atom. The highest BCUT2D eigenvalue weighted by Crippen LogP contribution is 2.48. The smallest absolute Gasteiger partial charge is 0.225 e. The lowest BCUT2D eigenvalue weighted by Gasteiger charge is -2.26. The Morgan fingerprint density at radius 2 is 2.19 bits per heavy atom. The zero-order valence-electron chi connectivity index (χ0n) is 10.3. The fourth-order valence-electron chi connectivity index (χ4n) is 3.31. The molecule has 3 heteroatoms. The molecule has 2 bridgehead atoms. The molecule has 0 aromatic carbocycles. The molecule has 0 saturated heterocycles. The van der Waals surface area contributed by atoms with E-state index >= 15 is 0 Å².